The number of nitriles is 2. The second-order valence-electron chi connectivity index (χ2n) is 3.56. The van der Waals surface area contributed by atoms with Crippen molar-refractivity contribution in [3.8, 4) is 12.1 Å². The Balaban J connectivity index is 2.42. The van der Waals surface area contributed by atoms with E-state index in [4.69, 9.17) is 10.5 Å². The van der Waals surface area contributed by atoms with E-state index in [9.17, 15) is 4.79 Å². The average Bonchev–Trinajstić information content (AvgIpc) is 2.38. The van der Waals surface area contributed by atoms with Crippen LogP contribution in [0, 0.1) is 22.7 Å². The van der Waals surface area contributed by atoms with Crippen molar-refractivity contribution in [3.63, 3.8) is 0 Å². The van der Waals surface area contributed by atoms with Gasteiger partial charge in [-0.15, -0.1) is 0 Å². The lowest BCUT2D eigenvalue weighted by Crippen LogP contribution is -2.24. The fourth-order valence-corrected chi connectivity index (χ4v) is 1.36. The molecular weight excluding hydrogens is 214 g/mol. The van der Waals surface area contributed by atoms with Gasteiger partial charge in [-0.2, -0.15) is 10.5 Å². The molecule has 0 aliphatic carbocycles. The van der Waals surface area contributed by atoms with E-state index in [-0.39, 0.29) is 5.91 Å². The van der Waals surface area contributed by atoms with Gasteiger partial charge in [0.05, 0.1) is 17.7 Å². The van der Waals surface area contributed by atoms with Crippen LogP contribution in [0.4, 0.5) is 0 Å². The minimum absolute atomic E-state index is 0.181. The molecule has 1 aromatic rings. The van der Waals surface area contributed by atoms with Crippen molar-refractivity contribution >= 4 is 5.91 Å². The van der Waals surface area contributed by atoms with Gasteiger partial charge in [-0.1, -0.05) is 6.07 Å². The van der Waals surface area contributed by atoms with Crippen molar-refractivity contribution in [1.82, 2.24) is 5.32 Å². The van der Waals surface area contributed by atoms with Gasteiger partial charge >= 0.3 is 0 Å². The van der Waals surface area contributed by atoms with E-state index in [0.29, 0.717) is 24.1 Å². The minimum atomic E-state index is -0.181. The molecule has 0 aromatic heterocycles. The summed E-state index contributed by atoms with van der Waals surface area (Å²) in [4.78, 5) is 11.7. The number of benzene rings is 1. The molecule has 0 saturated heterocycles. The number of nitrogens with one attached hydrogen (secondary N) is 1. The summed E-state index contributed by atoms with van der Waals surface area (Å²) >= 11 is 0. The summed E-state index contributed by atoms with van der Waals surface area (Å²) in [6.07, 6.45) is 2.09. The van der Waals surface area contributed by atoms with Gasteiger partial charge in [0.25, 0.3) is 5.91 Å². The highest BCUT2D eigenvalue weighted by molar-refractivity contribution is 5.94. The highest BCUT2D eigenvalue weighted by Crippen LogP contribution is 2.04. The first-order valence-corrected chi connectivity index (χ1v) is 5.43. The van der Waals surface area contributed by atoms with Crippen LogP contribution in [0.3, 0.4) is 0 Å². The molecule has 1 N–H and O–H groups in total. The maximum Gasteiger partial charge on any atom is 0.251 e. The third-order valence-electron chi connectivity index (χ3n) is 2.25. The molecule has 17 heavy (non-hydrogen) atoms. The Morgan fingerprint density at radius 1 is 1.29 bits per heavy atom. The fraction of sp³-hybridized carbons (Fsp3) is 0.308. The molecule has 0 atom stereocenters. The van der Waals surface area contributed by atoms with Crippen molar-refractivity contribution in [2.45, 2.75) is 19.3 Å². The molecule has 4 heteroatoms. The van der Waals surface area contributed by atoms with Gasteiger partial charge in [0.15, 0.2) is 0 Å². The van der Waals surface area contributed by atoms with Crippen LogP contribution >= 0.6 is 0 Å². The van der Waals surface area contributed by atoms with Crippen LogP contribution in [0.15, 0.2) is 24.3 Å². The summed E-state index contributed by atoms with van der Waals surface area (Å²) in [7, 11) is 0. The van der Waals surface area contributed by atoms with Crippen molar-refractivity contribution in [2.75, 3.05) is 6.54 Å². The normalized spacial score (nSPS) is 9.06. The maximum atomic E-state index is 11.7. The smallest absolute Gasteiger partial charge is 0.251 e. The number of carbonyl (C=O) groups is 1. The Morgan fingerprint density at radius 2 is 2.12 bits per heavy atom. The Labute approximate surface area is 100 Å². The second kappa shape index (κ2) is 7.03. The molecule has 0 spiro atoms. The van der Waals surface area contributed by atoms with Crippen molar-refractivity contribution in [3.05, 3.63) is 35.4 Å². The number of unbranched alkanes of at least 4 members (excludes halogenated alkanes) is 2. The second-order valence-corrected chi connectivity index (χ2v) is 3.56. The predicted molar refractivity (Wildman–Crippen MR) is 63.0 cm³/mol. The van der Waals surface area contributed by atoms with Gasteiger partial charge < -0.3 is 5.32 Å². The Kier molecular flexibility index (Phi) is 5.27. The Hall–Kier alpha value is -2.33. The Bertz CT molecular complexity index is 468. The molecule has 1 aromatic carbocycles. The van der Waals surface area contributed by atoms with Gasteiger partial charge in [-0.3, -0.25) is 4.79 Å². The zero-order valence-electron chi connectivity index (χ0n) is 9.44. The number of rotatable bonds is 5. The lowest BCUT2D eigenvalue weighted by molar-refractivity contribution is 0.0953. The van der Waals surface area contributed by atoms with Crippen LogP contribution in [0.1, 0.15) is 35.2 Å². The first-order valence-electron chi connectivity index (χ1n) is 5.43. The molecule has 0 heterocycles. The summed E-state index contributed by atoms with van der Waals surface area (Å²) in [5.41, 5.74) is 0.964. The molecule has 86 valence electrons. The summed E-state index contributed by atoms with van der Waals surface area (Å²) in [6, 6.07) is 10.6. The summed E-state index contributed by atoms with van der Waals surface area (Å²) in [6.45, 7) is 0.553. The van der Waals surface area contributed by atoms with Crippen molar-refractivity contribution in [2.24, 2.45) is 0 Å². The fourth-order valence-electron chi connectivity index (χ4n) is 1.36. The largest absolute Gasteiger partial charge is 0.352 e. The van der Waals surface area contributed by atoms with Crippen LogP contribution in [0.25, 0.3) is 0 Å². The Morgan fingerprint density at radius 3 is 2.82 bits per heavy atom. The molecule has 0 radical (unpaired) electrons. The lowest BCUT2D eigenvalue weighted by Gasteiger charge is -2.04. The molecule has 0 bridgehead atoms. The van der Waals surface area contributed by atoms with E-state index in [2.05, 4.69) is 11.4 Å². The summed E-state index contributed by atoms with van der Waals surface area (Å²) in [5.74, 6) is -0.181. The van der Waals surface area contributed by atoms with Gasteiger partial charge in [-0.05, 0) is 31.0 Å². The predicted octanol–water partition coefficient (Wildman–Crippen LogP) is 1.98. The van der Waals surface area contributed by atoms with E-state index >= 15 is 0 Å². The zero-order valence-corrected chi connectivity index (χ0v) is 9.44. The molecule has 0 unspecified atom stereocenters. The van der Waals surface area contributed by atoms with E-state index < -0.39 is 0 Å². The number of nitrogens with zero attached hydrogens (tertiary/aromatic N) is 2. The maximum absolute atomic E-state index is 11.7. The monoisotopic (exact) mass is 227 g/mol. The summed E-state index contributed by atoms with van der Waals surface area (Å²) in [5, 5.41) is 19.8. The van der Waals surface area contributed by atoms with E-state index in [1.54, 1.807) is 24.3 Å². The number of hydrogen-bond donors (Lipinski definition) is 1. The minimum Gasteiger partial charge on any atom is -0.352 e. The average molecular weight is 227 g/mol. The third-order valence-corrected chi connectivity index (χ3v) is 2.25. The van der Waals surface area contributed by atoms with E-state index in [0.717, 1.165) is 12.8 Å². The summed E-state index contributed by atoms with van der Waals surface area (Å²) < 4.78 is 0. The van der Waals surface area contributed by atoms with Crippen LogP contribution in [-0.4, -0.2) is 12.5 Å². The number of hydrogen-bond acceptors (Lipinski definition) is 3. The van der Waals surface area contributed by atoms with Crippen LogP contribution in [0.2, 0.25) is 0 Å². The first kappa shape index (κ1) is 12.7. The van der Waals surface area contributed by atoms with Gasteiger partial charge in [0.2, 0.25) is 0 Å². The standard InChI is InChI=1S/C13H13N3O/c14-7-2-1-3-8-16-13(17)12-6-4-5-11(9-12)10-15/h4-6,9H,1-3,8H2,(H,16,17). The van der Waals surface area contributed by atoms with Crippen LogP contribution in [-0.2, 0) is 0 Å². The van der Waals surface area contributed by atoms with E-state index in [1.807, 2.05) is 6.07 Å². The van der Waals surface area contributed by atoms with Crippen molar-refractivity contribution < 1.29 is 4.79 Å². The molecule has 0 saturated carbocycles. The molecule has 0 aliphatic heterocycles. The SMILES string of the molecule is N#CCCCCNC(=O)c1cccc(C#N)c1. The lowest BCUT2D eigenvalue weighted by atomic mass is 10.1. The third kappa shape index (κ3) is 4.36. The molecule has 4 nitrogen and oxygen atoms in total. The molecule has 1 rings (SSSR count). The van der Waals surface area contributed by atoms with Crippen molar-refractivity contribution in [1.29, 1.82) is 10.5 Å². The first-order chi connectivity index (χ1) is 8.27. The molecule has 0 aliphatic rings. The quantitative estimate of drug-likeness (QED) is 0.781. The number of amides is 1. The van der Waals surface area contributed by atoms with Gasteiger partial charge in [-0.25, -0.2) is 0 Å². The molecular formula is C13H13N3O. The zero-order chi connectivity index (χ0) is 12.5. The van der Waals surface area contributed by atoms with E-state index in [1.165, 1.54) is 0 Å². The van der Waals surface area contributed by atoms with Crippen LogP contribution in [0.5, 0.6) is 0 Å². The van der Waals surface area contributed by atoms with Crippen LogP contribution < -0.4 is 5.32 Å². The van der Waals surface area contributed by atoms with Gasteiger partial charge in [0, 0.05) is 18.5 Å². The highest BCUT2D eigenvalue weighted by Gasteiger charge is 2.04. The van der Waals surface area contributed by atoms with Gasteiger partial charge in [0.1, 0.15) is 0 Å². The molecule has 1 amide bonds. The highest BCUT2D eigenvalue weighted by atomic mass is 16.1. The number of carbonyl (C=O) groups excluding carboxylic acids is 1. The topological polar surface area (TPSA) is 76.7 Å². The molecule has 0 fully saturated rings.